The van der Waals surface area contributed by atoms with Gasteiger partial charge in [-0.05, 0) is 274 Å². The molecule has 0 radical (unpaired) electrons. The minimum atomic E-state index is 0.638. The van der Waals surface area contributed by atoms with Crippen LogP contribution in [0.4, 0.5) is 68.2 Å². The van der Waals surface area contributed by atoms with E-state index in [1.165, 1.54) is 44.5 Å². The minimum Gasteiger partial charge on any atom is -0.493 e. The zero-order valence-corrected chi connectivity index (χ0v) is 69.6. The second-order valence-corrected chi connectivity index (χ2v) is 30.3. The van der Waals surface area contributed by atoms with E-state index in [2.05, 4.69) is 462 Å². The van der Waals surface area contributed by atoms with Crippen molar-refractivity contribution in [2.24, 2.45) is 0 Å². The Labute approximate surface area is 709 Å². The van der Waals surface area contributed by atoms with Gasteiger partial charge in [0.25, 0.3) is 0 Å². The summed E-state index contributed by atoms with van der Waals surface area (Å²) >= 11 is 0. The van der Waals surface area contributed by atoms with Crippen molar-refractivity contribution in [3.63, 3.8) is 0 Å². The molecule has 0 heterocycles. The van der Waals surface area contributed by atoms with Crippen LogP contribution in [0.3, 0.4) is 0 Å². The van der Waals surface area contributed by atoms with E-state index in [0.717, 1.165) is 135 Å². The summed E-state index contributed by atoms with van der Waals surface area (Å²) in [4.78, 5) is 9.27. The summed E-state index contributed by atoms with van der Waals surface area (Å²) in [5.74, 6) is 1.79. The van der Waals surface area contributed by atoms with Gasteiger partial charge in [0.1, 0.15) is 11.5 Å². The van der Waals surface area contributed by atoms with Crippen molar-refractivity contribution in [1.29, 1.82) is 0 Å². The van der Waals surface area contributed by atoms with E-state index in [1.807, 2.05) is 50.2 Å². The molecule has 0 aliphatic carbocycles. The van der Waals surface area contributed by atoms with Crippen LogP contribution in [0.2, 0.25) is 0 Å². The fourth-order valence-corrected chi connectivity index (χ4v) is 14.7. The van der Waals surface area contributed by atoms with Crippen LogP contribution < -0.4 is 29.1 Å². The van der Waals surface area contributed by atoms with Crippen molar-refractivity contribution in [2.75, 3.05) is 32.8 Å². The maximum Gasteiger partial charge on any atom is 0.126 e. The van der Waals surface area contributed by atoms with Crippen LogP contribution in [-0.4, -0.2) is 13.2 Å². The van der Waals surface area contributed by atoms with Crippen molar-refractivity contribution in [3.05, 3.63) is 466 Å². The van der Waals surface area contributed by atoms with Crippen molar-refractivity contribution in [2.45, 2.75) is 55.4 Å². The van der Waals surface area contributed by atoms with Gasteiger partial charge >= 0.3 is 0 Å². The molecule has 0 N–H and O–H groups in total. The first kappa shape index (κ1) is 80.5. The first-order chi connectivity index (χ1) is 58.8. The van der Waals surface area contributed by atoms with E-state index >= 15 is 0 Å². The van der Waals surface area contributed by atoms with Gasteiger partial charge in [-0.25, -0.2) is 0 Å². The van der Waals surface area contributed by atoms with Gasteiger partial charge in [-0.1, -0.05) is 307 Å². The molecule has 0 fully saturated rings. The van der Waals surface area contributed by atoms with Crippen LogP contribution >= 0.6 is 0 Å². The lowest BCUT2D eigenvalue weighted by molar-refractivity contribution is 0.339. The molecule has 6 nitrogen and oxygen atoms in total. The summed E-state index contributed by atoms with van der Waals surface area (Å²) in [6, 6.07) is 139. The fraction of sp³-hybridized carbons (Fsp3) is 0.0877. The van der Waals surface area contributed by atoms with Gasteiger partial charge in [0.15, 0.2) is 0 Å². The third-order valence-corrected chi connectivity index (χ3v) is 21.5. The fourth-order valence-electron chi connectivity index (χ4n) is 14.7. The summed E-state index contributed by atoms with van der Waals surface area (Å²) in [5.41, 5.74) is 34.5. The number of hydrogen-bond donors (Lipinski definition) is 0. The monoisotopic (exact) mass is 1560 g/mol. The van der Waals surface area contributed by atoms with Gasteiger partial charge in [-0.3, -0.25) is 0 Å². The van der Waals surface area contributed by atoms with Crippen LogP contribution in [0, 0.1) is 41.5 Å². The van der Waals surface area contributed by atoms with E-state index in [9.17, 15) is 0 Å². The molecule has 0 aliphatic heterocycles. The number of hydrogen-bond acceptors (Lipinski definition) is 6. The molecule has 0 saturated heterocycles. The van der Waals surface area contributed by atoms with Crippen molar-refractivity contribution < 1.29 is 9.47 Å². The zero-order valence-electron chi connectivity index (χ0n) is 69.6. The Balaban J connectivity index is 0.000000187. The predicted octanol–water partition coefficient (Wildman–Crippen LogP) is 31.9. The van der Waals surface area contributed by atoms with Gasteiger partial charge in [0.05, 0.1) is 13.2 Å². The Morgan fingerprint density at radius 3 is 0.592 bits per heavy atom. The largest absolute Gasteiger partial charge is 0.493 e. The standard InChI is InChI=1S/2C57H50N2O/c1-5-60-57-13-9-8-12-50(57)25-19-46-22-36-54(37-23-46)59(52-32-16-43(3)17-33-52)56-40-28-49(29-41-56)48-26-38-55(39-27-48)58(51-30-14-42(2)15-31-51)53-34-20-45(21-35-53)18-24-47-11-7-6-10-44(47)4;1-5-60-57-9-7-6-8-50(57)25-20-47-23-36-54(37-24-47)59(52-32-14-44(4)15-33-52)56-40-28-49(29-41-56)48-26-38-55(39-27-48)58(51-30-12-43(3)13-31-51)53-34-21-46(22-35-53)19-18-45-16-10-42(2)11-17-45/h2*6-41H,5H2,1-4H3/b24-18+,25-19+;19-18+,25-20+. The molecule has 0 saturated carbocycles. The number of benzene rings is 16. The lowest BCUT2D eigenvalue weighted by Crippen LogP contribution is -2.10. The molecule has 6 heteroatoms. The maximum atomic E-state index is 5.83. The van der Waals surface area contributed by atoms with Gasteiger partial charge in [0, 0.05) is 79.4 Å². The highest BCUT2D eigenvalue weighted by Crippen LogP contribution is 2.43. The molecule has 0 unspecified atom stereocenters. The number of aryl methyl sites for hydroxylation is 6. The van der Waals surface area contributed by atoms with Crippen LogP contribution in [-0.2, 0) is 0 Å². The molecule has 16 aromatic carbocycles. The maximum absolute atomic E-state index is 5.83. The summed E-state index contributed by atoms with van der Waals surface area (Å²) < 4.78 is 11.7. The Morgan fingerprint density at radius 2 is 0.358 bits per heavy atom. The number of para-hydroxylation sites is 2. The Kier molecular flexibility index (Phi) is 26.0. The van der Waals surface area contributed by atoms with Crippen LogP contribution in [0.25, 0.3) is 70.9 Å². The zero-order chi connectivity index (χ0) is 82.5. The first-order valence-corrected chi connectivity index (χ1v) is 41.4. The highest BCUT2D eigenvalue weighted by Gasteiger charge is 2.19. The van der Waals surface area contributed by atoms with E-state index in [-0.39, 0.29) is 0 Å². The van der Waals surface area contributed by atoms with Gasteiger partial charge in [-0.2, -0.15) is 0 Å². The predicted molar refractivity (Wildman–Crippen MR) is 515 cm³/mol. The average Bonchev–Trinajstić information content (AvgIpc) is 0.805. The average molecular weight is 1560 g/mol. The Hall–Kier alpha value is -14.7. The number of nitrogens with zero attached hydrogens (tertiary/aromatic N) is 4. The van der Waals surface area contributed by atoms with Crippen molar-refractivity contribution >= 4 is 117 Å². The second kappa shape index (κ2) is 38.8. The van der Waals surface area contributed by atoms with Crippen molar-refractivity contribution in [3.8, 4) is 33.8 Å². The molecule has 0 aliphatic rings. The molecule has 120 heavy (non-hydrogen) atoms. The molecule has 588 valence electrons. The second-order valence-electron chi connectivity index (χ2n) is 30.3. The smallest absolute Gasteiger partial charge is 0.126 e. The number of rotatable bonds is 26. The SMILES string of the molecule is CCOc1ccccc1/C=C/c1ccc(N(c2ccc(C)cc2)c2ccc(-c3ccc(N(c4ccc(C)cc4)c4ccc(/C=C/c5ccc(C)cc5)cc4)cc3)cc2)cc1.CCOc1ccccc1/C=C/c1ccc(N(c2ccc(C)cc2)c2ccc(-c3ccc(N(c4ccc(C)cc4)c4ccc(/C=C/c5ccccc5C)cc4)cc3)cc2)cc1. The van der Waals surface area contributed by atoms with Gasteiger partial charge < -0.3 is 29.1 Å². The lowest BCUT2D eigenvalue weighted by Gasteiger charge is -2.26. The van der Waals surface area contributed by atoms with Gasteiger partial charge in [0.2, 0.25) is 0 Å². The third-order valence-electron chi connectivity index (χ3n) is 21.5. The molecule has 0 amide bonds. The van der Waals surface area contributed by atoms with Crippen molar-refractivity contribution in [1.82, 2.24) is 0 Å². The summed E-state index contributed by atoms with van der Waals surface area (Å²) in [6.07, 6.45) is 17.2. The van der Waals surface area contributed by atoms with Crippen LogP contribution in [0.1, 0.15) is 91.7 Å². The Morgan fingerprint density at radius 1 is 0.183 bits per heavy atom. The molecule has 0 bridgehead atoms. The molecular formula is C114H100N4O2. The third kappa shape index (κ3) is 20.4. The molecule has 0 aromatic heterocycles. The highest BCUT2D eigenvalue weighted by atomic mass is 16.5. The Bertz CT molecular complexity index is 6130. The first-order valence-electron chi connectivity index (χ1n) is 41.4. The van der Waals surface area contributed by atoms with Crippen LogP contribution in [0.5, 0.6) is 11.5 Å². The molecule has 16 aromatic rings. The molecule has 16 rings (SSSR count). The summed E-state index contributed by atoms with van der Waals surface area (Å²) in [6.45, 7) is 18.1. The number of ether oxygens (including phenoxy) is 2. The summed E-state index contributed by atoms with van der Waals surface area (Å²) in [5, 5.41) is 0. The van der Waals surface area contributed by atoms with E-state index < -0.39 is 0 Å². The van der Waals surface area contributed by atoms with E-state index in [4.69, 9.17) is 9.47 Å². The van der Waals surface area contributed by atoms with Gasteiger partial charge in [-0.15, -0.1) is 0 Å². The summed E-state index contributed by atoms with van der Waals surface area (Å²) in [7, 11) is 0. The molecular weight excluding hydrogens is 1460 g/mol. The normalized spacial score (nSPS) is 11.3. The molecule has 0 atom stereocenters. The number of anilines is 12. The lowest BCUT2D eigenvalue weighted by atomic mass is 10.0. The van der Waals surface area contributed by atoms with E-state index in [1.54, 1.807) is 0 Å². The van der Waals surface area contributed by atoms with E-state index in [0.29, 0.717) is 13.2 Å². The molecule has 0 spiro atoms. The highest BCUT2D eigenvalue weighted by molar-refractivity contribution is 5.86. The quantitative estimate of drug-likeness (QED) is 0.0502. The minimum absolute atomic E-state index is 0.638. The topological polar surface area (TPSA) is 31.4 Å². The van der Waals surface area contributed by atoms with Crippen LogP contribution in [0.15, 0.2) is 388 Å².